The Balaban J connectivity index is 1.29. The van der Waals surface area contributed by atoms with E-state index in [1.54, 1.807) is 0 Å². The second-order valence-corrected chi connectivity index (χ2v) is 6.98. The molecule has 0 radical (unpaired) electrons. The van der Waals surface area contributed by atoms with Crippen molar-refractivity contribution in [3.8, 4) is 11.5 Å². The van der Waals surface area contributed by atoms with Crippen molar-refractivity contribution in [1.82, 2.24) is 20.0 Å². The summed E-state index contributed by atoms with van der Waals surface area (Å²) in [5.74, 6) is 1.26. The lowest BCUT2D eigenvalue weighted by Crippen LogP contribution is -2.45. The first-order valence-electron chi connectivity index (χ1n) is 8.83. The zero-order chi connectivity index (χ0) is 17.8. The highest BCUT2D eigenvalue weighted by molar-refractivity contribution is 6.30. The summed E-state index contributed by atoms with van der Waals surface area (Å²) in [5, 5.41) is 9.15. The Morgan fingerprint density at radius 2 is 1.46 bits per heavy atom. The number of hydrogen-bond acceptors (Lipinski definition) is 5. The van der Waals surface area contributed by atoms with Crippen LogP contribution in [0.5, 0.6) is 0 Å². The molecule has 26 heavy (non-hydrogen) atoms. The summed E-state index contributed by atoms with van der Waals surface area (Å²) in [7, 11) is 0. The van der Waals surface area contributed by atoms with Crippen LogP contribution < -0.4 is 0 Å². The molecule has 6 heteroatoms. The molecule has 0 spiro atoms. The molecule has 1 fully saturated rings. The summed E-state index contributed by atoms with van der Waals surface area (Å²) in [6, 6.07) is 18.0. The molecule has 4 rings (SSSR count). The first kappa shape index (κ1) is 17.2. The fourth-order valence-electron chi connectivity index (χ4n) is 3.16. The van der Waals surface area contributed by atoms with E-state index in [1.807, 2.05) is 42.5 Å². The lowest BCUT2D eigenvalue weighted by atomic mass is 10.2. The van der Waals surface area contributed by atoms with Crippen LogP contribution in [-0.4, -0.2) is 46.2 Å². The van der Waals surface area contributed by atoms with E-state index in [-0.39, 0.29) is 0 Å². The van der Waals surface area contributed by atoms with Crippen LogP contribution >= 0.6 is 11.6 Å². The van der Waals surface area contributed by atoms with Gasteiger partial charge in [0.25, 0.3) is 0 Å². The Kier molecular flexibility index (Phi) is 5.29. The minimum atomic E-state index is 0.585. The zero-order valence-electron chi connectivity index (χ0n) is 14.5. The first-order valence-corrected chi connectivity index (χ1v) is 9.21. The number of hydrogen-bond donors (Lipinski definition) is 0. The minimum absolute atomic E-state index is 0.585. The Hall–Kier alpha value is -2.21. The third-order valence-corrected chi connectivity index (χ3v) is 4.88. The second-order valence-electron chi connectivity index (χ2n) is 6.55. The Morgan fingerprint density at radius 1 is 0.808 bits per heavy atom. The summed E-state index contributed by atoms with van der Waals surface area (Å²) in [4.78, 5) is 4.82. The van der Waals surface area contributed by atoms with Gasteiger partial charge in [0, 0.05) is 43.3 Å². The van der Waals surface area contributed by atoms with Crippen molar-refractivity contribution in [3.05, 3.63) is 71.1 Å². The summed E-state index contributed by atoms with van der Waals surface area (Å²) in [5.41, 5.74) is 2.26. The molecular weight excluding hydrogens is 348 g/mol. The third-order valence-electron chi connectivity index (χ3n) is 4.63. The minimum Gasteiger partial charge on any atom is -0.419 e. The molecule has 1 aromatic heterocycles. The molecule has 1 saturated heterocycles. The molecule has 3 aromatic rings. The van der Waals surface area contributed by atoms with Crippen LogP contribution in [0.15, 0.2) is 59.0 Å². The second kappa shape index (κ2) is 7.99. The topological polar surface area (TPSA) is 45.4 Å². The molecule has 0 amide bonds. The van der Waals surface area contributed by atoms with E-state index in [1.165, 1.54) is 5.56 Å². The summed E-state index contributed by atoms with van der Waals surface area (Å²) in [6.07, 6.45) is 0. The number of nitrogens with zero attached hydrogens (tertiary/aromatic N) is 4. The van der Waals surface area contributed by atoms with Crippen LogP contribution in [0.25, 0.3) is 11.5 Å². The molecule has 0 unspecified atom stereocenters. The van der Waals surface area contributed by atoms with Crippen molar-refractivity contribution < 1.29 is 4.42 Å². The fourth-order valence-corrected chi connectivity index (χ4v) is 3.29. The van der Waals surface area contributed by atoms with Gasteiger partial charge in [-0.25, -0.2) is 0 Å². The molecular formula is C20H21ClN4O. The zero-order valence-corrected chi connectivity index (χ0v) is 15.3. The van der Waals surface area contributed by atoms with Crippen molar-refractivity contribution in [1.29, 1.82) is 0 Å². The molecule has 0 bridgehead atoms. The number of halogens is 1. The predicted octanol–water partition coefficient (Wildman–Crippen LogP) is 3.71. The average molecular weight is 369 g/mol. The van der Waals surface area contributed by atoms with Crippen LogP contribution in [0.3, 0.4) is 0 Å². The summed E-state index contributed by atoms with van der Waals surface area (Å²) in [6.45, 7) is 5.72. The smallest absolute Gasteiger partial charge is 0.247 e. The van der Waals surface area contributed by atoms with E-state index in [2.05, 4.69) is 32.1 Å². The Bertz CT molecular complexity index is 827. The third kappa shape index (κ3) is 4.30. The highest BCUT2D eigenvalue weighted by Gasteiger charge is 2.19. The maximum Gasteiger partial charge on any atom is 0.247 e. The molecule has 0 saturated carbocycles. The number of rotatable bonds is 5. The van der Waals surface area contributed by atoms with E-state index in [0.717, 1.165) is 43.3 Å². The van der Waals surface area contributed by atoms with Crippen molar-refractivity contribution >= 4 is 11.6 Å². The quantitative estimate of drug-likeness (QED) is 0.687. The average Bonchev–Trinajstić information content (AvgIpc) is 3.14. The van der Waals surface area contributed by atoms with Crippen LogP contribution in [0.1, 0.15) is 11.5 Å². The monoisotopic (exact) mass is 368 g/mol. The van der Waals surface area contributed by atoms with Crippen LogP contribution in [0.2, 0.25) is 5.02 Å². The summed E-state index contributed by atoms with van der Waals surface area (Å²) < 4.78 is 5.82. The molecule has 5 nitrogen and oxygen atoms in total. The van der Waals surface area contributed by atoms with Gasteiger partial charge in [-0.2, -0.15) is 0 Å². The predicted molar refractivity (Wildman–Crippen MR) is 102 cm³/mol. The Morgan fingerprint density at radius 3 is 2.15 bits per heavy atom. The van der Waals surface area contributed by atoms with E-state index < -0.39 is 0 Å². The molecule has 0 aliphatic carbocycles. The van der Waals surface area contributed by atoms with Gasteiger partial charge in [0.05, 0.1) is 6.54 Å². The number of benzene rings is 2. The molecule has 1 aliphatic rings. The van der Waals surface area contributed by atoms with Gasteiger partial charge >= 0.3 is 0 Å². The molecule has 0 atom stereocenters. The van der Waals surface area contributed by atoms with E-state index in [0.29, 0.717) is 18.3 Å². The number of piperazine rings is 1. The highest BCUT2D eigenvalue weighted by Crippen LogP contribution is 2.18. The molecule has 2 aromatic carbocycles. The van der Waals surface area contributed by atoms with Gasteiger partial charge in [0.2, 0.25) is 11.8 Å². The SMILES string of the molecule is Clc1ccc(CN2CCN(Cc3nnc(-c4ccccc4)o3)CC2)cc1. The standard InChI is InChI=1S/C20H21ClN4O/c21-18-8-6-16(7-9-18)14-24-10-12-25(13-11-24)15-19-22-23-20(26-19)17-4-2-1-3-5-17/h1-9H,10-15H2. The van der Waals surface area contributed by atoms with Crippen LogP contribution in [0.4, 0.5) is 0 Å². The fraction of sp³-hybridized carbons (Fsp3) is 0.300. The van der Waals surface area contributed by atoms with Gasteiger partial charge in [-0.05, 0) is 29.8 Å². The van der Waals surface area contributed by atoms with E-state index >= 15 is 0 Å². The molecule has 0 N–H and O–H groups in total. The molecule has 1 aliphatic heterocycles. The van der Waals surface area contributed by atoms with Gasteiger partial charge in [0.15, 0.2) is 0 Å². The molecule has 134 valence electrons. The lowest BCUT2D eigenvalue weighted by molar-refractivity contribution is 0.114. The first-order chi connectivity index (χ1) is 12.8. The largest absolute Gasteiger partial charge is 0.419 e. The maximum absolute atomic E-state index is 5.95. The number of aromatic nitrogens is 2. The van der Waals surface area contributed by atoms with Gasteiger partial charge < -0.3 is 4.42 Å². The van der Waals surface area contributed by atoms with Gasteiger partial charge in [-0.3, -0.25) is 9.80 Å². The van der Waals surface area contributed by atoms with Gasteiger partial charge in [-0.15, -0.1) is 10.2 Å². The van der Waals surface area contributed by atoms with E-state index in [4.69, 9.17) is 16.0 Å². The van der Waals surface area contributed by atoms with Gasteiger partial charge in [-0.1, -0.05) is 41.9 Å². The van der Waals surface area contributed by atoms with Crippen LogP contribution in [-0.2, 0) is 13.1 Å². The van der Waals surface area contributed by atoms with Crippen molar-refractivity contribution in [2.24, 2.45) is 0 Å². The van der Waals surface area contributed by atoms with Crippen LogP contribution in [0, 0.1) is 0 Å². The van der Waals surface area contributed by atoms with Crippen molar-refractivity contribution in [2.45, 2.75) is 13.1 Å². The maximum atomic E-state index is 5.95. The van der Waals surface area contributed by atoms with E-state index in [9.17, 15) is 0 Å². The van der Waals surface area contributed by atoms with Crippen molar-refractivity contribution in [2.75, 3.05) is 26.2 Å². The Labute approximate surface area is 158 Å². The van der Waals surface area contributed by atoms with Crippen molar-refractivity contribution in [3.63, 3.8) is 0 Å². The summed E-state index contributed by atoms with van der Waals surface area (Å²) >= 11 is 5.95. The van der Waals surface area contributed by atoms with Gasteiger partial charge in [0.1, 0.15) is 0 Å². The normalized spacial score (nSPS) is 16.0. The lowest BCUT2D eigenvalue weighted by Gasteiger charge is -2.33. The highest BCUT2D eigenvalue weighted by atomic mass is 35.5. The molecule has 2 heterocycles.